The highest BCUT2D eigenvalue weighted by molar-refractivity contribution is 5.93. The van der Waals surface area contributed by atoms with Crippen LogP contribution in [0.1, 0.15) is 0 Å². The van der Waals surface area contributed by atoms with Gasteiger partial charge in [-0.3, -0.25) is 4.79 Å². The van der Waals surface area contributed by atoms with Gasteiger partial charge in [-0.2, -0.15) is 5.10 Å². The molecule has 2 atom stereocenters. The largest absolute Gasteiger partial charge is 0.468 e. The number of ether oxygens (including phenoxy) is 1. The van der Waals surface area contributed by atoms with Gasteiger partial charge in [0.2, 0.25) is 0 Å². The molecule has 0 fully saturated rings. The van der Waals surface area contributed by atoms with Gasteiger partial charge in [0.1, 0.15) is 12.1 Å². The number of hydrogen-bond donors (Lipinski definition) is 1. The predicted octanol–water partition coefficient (Wildman–Crippen LogP) is 0.566. The lowest BCUT2D eigenvalue weighted by Gasteiger charge is -2.22. The number of nitrogens with two attached hydrogens (primary N) is 1. The molecular formula is C11H13N3O2. The summed E-state index contributed by atoms with van der Waals surface area (Å²) in [7, 11) is 1.34. The zero-order valence-electron chi connectivity index (χ0n) is 8.91. The van der Waals surface area contributed by atoms with E-state index in [1.54, 1.807) is 5.01 Å². The SMILES string of the molecule is COC(=O)[C@H]1C=NN(c2ccccc2)C1N. The molecule has 0 amide bonds. The van der Waals surface area contributed by atoms with Crippen molar-refractivity contribution in [3.63, 3.8) is 0 Å². The molecule has 1 heterocycles. The van der Waals surface area contributed by atoms with Crippen LogP contribution in [0.3, 0.4) is 0 Å². The first-order valence-electron chi connectivity index (χ1n) is 4.96. The monoisotopic (exact) mass is 219 g/mol. The topological polar surface area (TPSA) is 67.9 Å². The minimum atomic E-state index is -0.509. The Morgan fingerprint density at radius 1 is 1.44 bits per heavy atom. The molecule has 1 unspecified atom stereocenters. The minimum absolute atomic E-state index is 0.366. The summed E-state index contributed by atoms with van der Waals surface area (Å²) in [5, 5.41) is 5.73. The maximum Gasteiger partial charge on any atom is 0.317 e. The first-order valence-corrected chi connectivity index (χ1v) is 4.96. The van der Waals surface area contributed by atoms with Gasteiger partial charge in [-0.15, -0.1) is 0 Å². The molecule has 0 radical (unpaired) electrons. The fraction of sp³-hybridized carbons (Fsp3) is 0.273. The Bertz CT molecular complexity index is 405. The van der Waals surface area contributed by atoms with Crippen LogP contribution >= 0.6 is 0 Å². The molecule has 1 aromatic carbocycles. The molecule has 0 saturated heterocycles. The predicted molar refractivity (Wildman–Crippen MR) is 60.9 cm³/mol. The second-order valence-corrected chi connectivity index (χ2v) is 3.48. The lowest BCUT2D eigenvalue weighted by atomic mass is 10.1. The number of anilines is 1. The van der Waals surface area contributed by atoms with Gasteiger partial charge < -0.3 is 10.5 Å². The highest BCUT2D eigenvalue weighted by Gasteiger charge is 2.34. The average molecular weight is 219 g/mol. The first kappa shape index (κ1) is 10.6. The molecule has 0 bridgehead atoms. The molecule has 0 aromatic heterocycles. The number of carbonyl (C=O) groups excluding carboxylic acids is 1. The van der Waals surface area contributed by atoms with Gasteiger partial charge in [-0.25, -0.2) is 5.01 Å². The molecular weight excluding hydrogens is 206 g/mol. The lowest BCUT2D eigenvalue weighted by Crippen LogP contribution is -2.43. The fourth-order valence-electron chi connectivity index (χ4n) is 1.62. The number of nitrogens with zero attached hydrogens (tertiary/aromatic N) is 2. The number of benzene rings is 1. The van der Waals surface area contributed by atoms with Crippen molar-refractivity contribution < 1.29 is 9.53 Å². The van der Waals surface area contributed by atoms with Gasteiger partial charge in [0.15, 0.2) is 0 Å². The smallest absolute Gasteiger partial charge is 0.317 e. The first-order chi connectivity index (χ1) is 7.74. The summed E-state index contributed by atoms with van der Waals surface area (Å²) in [5.41, 5.74) is 6.79. The average Bonchev–Trinajstić information content (AvgIpc) is 2.71. The summed E-state index contributed by atoms with van der Waals surface area (Å²) in [6.45, 7) is 0. The van der Waals surface area contributed by atoms with E-state index in [9.17, 15) is 4.79 Å². The Balaban J connectivity index is 2.17. The molecule has 5 nitrogen and oxygen atoms in total. The number of rotatable bonds is 2. The Morgan fingerprint density at radius 3 is 2.75 bits per heavy atom. The third-order valence-electron chi connectivity index (χ3n) is 2.50. The molecule has 1 aliphatic heterocycles. The summed E-state index contributed by atoms with van der Waals surface area (Å²) in [6, 6.07) is 9.46. The third kappa shape index (κ3) is 1.77. The van der Waals surface area contributed by atoms with Crippen LogP contribution in [0.15, 0.2) is 35.4 Å². The Morgan fingerprint density at radius 2 is 2.12 bits per heavy atom. The molecule has 1 aliphatic rings. The molecule has 2 N–H and O–H groups in total. The van der Waals surface area contributed by atoms with Gasteiger partial charge >= 0.3 is 5.97 Å². The van der Waals surface area contributed by atoms with Gasteiger partial charge in [0.05, 0.1) is 12.8 Å². The van der Waals surface area contributed by atoms with Gasteiger partial charge in [-0.1, -0.05) is 18.2 Å². The van der Waals surface area contributed by atoms with Crippen molar-refractivity contribution in [1.82, 2.24) is 0 Å². The third-order valence-corrected chi connectivity index (χ3v) is 2.50. The summed E-state index contributed by atoms with van der Waals surface area (Å²) in [4.78, 5) is 11.4. The van der Waals surface area contributed by atoms with E-state index in [0.29, 0.717) is 0 Å². The molecule has 84 valence electrons. The zero-order valence-corrected chi connectivity index (χ0v) is 8.91. The van der Waals surface area contributed by atoms with Crippen LogP contribution in [-0.2, 0) is 9.53 Å². The molecule has 1 aromatic rings. The van der Waals surface area contributed by atoms with Gasteiger partial charge in [-0.05, 0) is 12.1 Å². The standard InChI is InChI=1S/C11H13N3O2/c1-16-11(15)9-7-13-14(10(9)12)8-5-3-2-4-6-8/h2-7,9-10H,12H2,1H3/t9-,10?/m0/s1. The van der Waals surface area contributed by atoms with E-state index in [4.69, 9.17) is 5.73 Å². The molecule has 16 heavy (non-hydrogen) atoms. The van der Waals surface area contributed by atoms with Crippen LogP contribution < -0.4 is 10.7 Å². The van der Waals surface area contributed by atoms with Crippen LogP contribution in [0.25, 0.3) is 0 Å². The minimum Gasteiger partial charge on any atom is -0.468 e. The van der Waals surface area contributed by atoms with E-state index < -0.39 is 12.1 Å². The van der Waals surface area contributed by atoms with Crippen molar-refractivity contribution in [3.05, 3.63) is 30.3 Å². The Kier molecular flexibility index (Phi) is 2.87. The number of hydrogen-bond acceptors (Lipinski definition) is 5. The van der Waals surface area contributed by atoms with E-state index in [0.717, 1.165) is 5.69 Å². The van der Waals surface area contributed by atoms with Crippen molar-refractivity contribution in [2.75, 3.05) is 12.1 Å². The highest BCUT2D eigenvalue weighted by atomic mass is 16.5. The van der Waals surface area contributed by atoms with Gasteiger partial charge in [0, 0.05) is 6.21 Å². The van der Waals surface area contributed by atoms with E-state index in [2.05, 4.69) is 9.84 Å². The molecule has 2 rings (SSSR count). The van der Waals surface area contributed by atoms with E-state index in [1.165, 1.54) is 13.3 Å². The summed E-state index contributed by atoms with van der Waals surface area (Å²) >= 11 is 0. The Hall–Kier alpha value is -1.88. The number of methoxy groups -OCH3 is 1. The van der Waals surface area contributed by atoms with Crippen molar-refractivity contribution in [2.45, 2.75) is 6.17 Å². The molecule has 5 heteroatoms. The van der Waals surface area contributed by atoms with Crippen LogP contribution in [0.4, 0.5) is 5.69 Å². The highest BCUT2D eigenvalue weighted by Crippen LogP contribution is 2.22. The molecule has 0 aliphatic carbocycles. The summed E-state index contributed by atoms with van der Waals surface area (Å²) in [6.07, 6.45) is 1.01. The maximum absolute atomic E-state index is 11.4. The summed E-state index contributed by atoms with van der Waals surface area (Å²) < 4.78 is 4.65. The van der Waals surface area contributed by atoms with Crippen LogP contribution in [0.2, 0.25) is 0 Å². The summed E-state index contributed by atoms with van der Waals surface area (Å²) in [5.74, 6) is -0.875. The van der Waals surface area contributed by atoms with E-state index in [1.807, 2.05) is 30.3 Å². The van der Waals surface area contributed by atoms with Crippen LogP contribution in [0.5, 0.6) is 0 Å². The number of hydrazone groups is 1. The van der Waals surface area contributed by atoms with E-state index in [-0.39, 0.29) is 5.97 Å². The van der Waals surface area contributed by atoms with Gasteiger partial charge in [0.25, 0.3) is 0 Å². The quantitative estimate of drug-likeness (QED) is 0.738. The van der Waals surface area contributed by atoms with Crippen molar-refractivity contribution in [1.29, 1.82) is 0 Å². The van der Waals surface area contributed by atoms with Crippen molar-refractivity contribution in [3.8, 4) is 0 Å². The second kappa shape index (κ2) is 4.32. The zero-order chi connectivity index (χ0) is 11.5. The fourth-order valence-corrected chi connectivity index (χ4v) is 1.62. The van der Waals surface area contributed by atoms with Crippen molar-refractivity contribution >= 4 is 17.9 Å². The second-order valence-electron chi connectivity index (χ2n) is 3.48. The molecule has 0 saturated carbocycles. The molecule has 0 spiro atoms. The van der Waals surface area contributed by atoms with E-state index >= 15 is 0 Å². The number of esters is 1. The lowest BCUT2D eigenvalue weighted by molar-refractivity contribution is -0.143. The van der Waals surface area contributed by atoms with Crippen molar-refractivity contribution in [2.24, 2.45) is 16.8 Å². The van der Waals surface area contributed by atoms with Crippen LogP contribution in [-0.4, -0.2) is 25.5 Å². The maximum atomic E-state index is 11.4. The van der Waals surface area contributed by atoms with Crippen LogP contribution in [0, 0.1) is 5.92 Å². The number of carbonyl (C=O) groups is 1. The number of para-hydroxylation sites is 1. The Labute approximate surface area is 93.5 Å². The normalized spacial score (nSPS) is 23.5.